The first-order chi connectivity index (χ1) is 9.07. The van der Waals surface area contributed by atoms with Crippen molar-refractivity contribution in [1.82, 2.24) is 0 Å². The summed E-state index contributed by atoms with van der Waals surface area (Å²) in [7, 11) is 0. The topological polar surface area (TPSA) is 17.1 Å². The molecule has 0 aliphatic carbocycles. The fraction of sp³-hybridized carbons (Fsp3) is 0.417. The monoisotopic (exact) mass is 362 g/mol. The van der Waals surface area contributed by atoms with Crippen LogP contribution in [0.2, 0.25) is 0 Å². The number of rotatable bonds is 4. The van der Waals surface area contributed by atoms with Crippen molar-refractivity contribution in [3.05, 3.63) is 34.9 Å². The van der Waals surface area contributed by atoms with E-state index in [1.54, 1.807) is 0 Å². The molecule has 0 saturated carbocycles. The number of ketones is 1. The average Bonchev–Trinajstić information content (AvgIpc) is 2.33. The first kappa shape index (κ1) is 17.0. The zero-order chi connectivity index (χ0) is 15.6. The van der Waals surface area contributed by atoms with Crippen molar-refractivity contribution in [3.63, 3.8) is 0 Å². The molecule has 20 heavy (non-hydrogen) atoms. The van der Waals surface area contributed by atoms with E-state index in [1.165, 1.54) is 0 Å². The van der Waals surface area contributed by atoms with Crippen LogP contribution in [-0.4, -0.2) is 11.1 Å². The molecule has 0 unspecified atom stereocenters. The van der Waals surface area contributed by atoms with Crippen molar-refractivity contribution in [3.8, 4) is 0 Å². The van der Waals surface area contributed by atoms with Gasteiger partial charge in [0.25, 0.3) is 0 Å². The van der Waals surface area contributed by atoms with Crippen LogP contribution in [0.25, 0.3) is 0 Å². The van der Waals surface area contributed by atoms with Gasteiger partial charge < -0.3 is 0 Å². The van der Waals surface area contributed by atoms with Gasteiger partial charge in [-0.05, 0) is 24.6 Å². The maximum Gasteiger partial charge on any atom is 0.417 e. The van der Waals surface area contributed by atoms with Crippen molar-refractivity contribution >= 4 is 21.7 Å². The number of halogens is 7. The molecule has 0 radical (unpaired) electrons. The minimum atomic E-state index is -4.87. The largest absolute Gasteiger partial charge is 0.417 e. The van der Waals surface area contributed by atoms with Gasteiger partial charge >= 0.3 is 12.4 Å². The lowest BCUT2D eigenvalue weighted by atomic mass is 9.97. The summed E-state index contributed by atoms with van der Waals surface area (Å²) in [5.41, 5.74) is -3.55. The van der Waals surface area contributed by atoms with E-state index < -0.39 is 34.8 Å². The summed E-state index contributed by atoms with van der Waals surface area (Å²) >= 11 is 3.00. The molecule has 1 aromatic rings. The van der Waals surface area contributed by atoms with Gasteiger partial charge in [-0.25, -0.2) is 0 Å². The highest BCUT2D eigenvalue weighted by atomic mass is 79.9. The normalized spacial score (nSPS) is 12.6. The van der Waals surface area contributed by atoms with Crippen molar-refractivity contribution in [2.24, 2.45) is 0 Å². The van der Waals surface area contributed by atoms with Gasteiger partial charge in [-0.15, -0.1) is 0 Å². The lowest BCUT2D eigenvalue weighted by molar-refractivity contribution is -0.141. The molecule has 1 nitrogen and oxygen atoms in total. The fourth-order valence-electron chi connectivity index (χ4n) is 1.56. The fourth-order valence-corrected chi connectivity index (χ4v) is 1.84. The van der Waals surface area contributed by atoms with Crippen LogP contribution < -0.4 is 0 Å². The Bertz CT molecular complexity index is 492. The van der Waals surface area contributed by atoms with Crippen molar-refractivity contribution < 1.29 is 31.1 Å². The Morgan fingerprint density at radius 1 is 1.05 bits per heavy atom. The van der Waals surface area contributed by atoms with Crippen molar-refractivity contribution in [2.45, 2.75) is 25.2 Å². The molecule has 0 amide bonds. The summed E-state index contributed by atoms with van der Waals surface area (Å²) in [6.45, 7) is 0. The molecule has 0 saturated heterocycles. The van der Waals surface area contributed by atoms with Crippen LogP contribution in [0.1, 0.15) is 34.3 Å². The molecule has 0 heterocycles. The van der Waals surface area contributed by atoms with Gasteiger partial charge in [-0.3, -0.25) is 4.79 Å². The van der Waals surface area contributed by atoms with Crippen LogP contribution >= 0.6 is 15.9 Å². The molecule has 1 aromatic carbocycles. The second-order valence-corrected chi connectivity index (χ2v) is 4.76. The van der Waals surface area contributed by atoms with Gasteiger partial charge in [0, 0.05) is 17.3 Å². The van der Waals surface area contributed by atoms with Crippen molar-refractivity contribution in [2.75, 3.05) is 5.33 Å². The molecule has 0 spiro atoms. The Labute approximate surface area is 119 Å². The maximum atomic E-state index is 12.7. The smallest absolute Gasteiger partial charge is 0.294 e. The van der Waals surface area contributed by atoms with Gasteiger partial charge in [-0.1, -0.05) is 15.9 Å². The molecule has 0 aliphatic heterocycles. The minimum Gasteiger partial charge on any atom is -0.294 e. The molecular formula is C12H9BrF6O. The molecule has 112 valence electrons. The number of carbonyl (C=O) groups is 1. The van der Waals surface area contributed by atoms with Crippen LogP contribution in [0.4, 0.5) is 26.3 Å². The molecule has 0 fully saturated rings. The third kappa shape index (κ3) is 4.22. The highest BCUT2D eigenvalue weighted by Crippen LogP contribution is 2.37. The van der Waals surface area contributed by atoms with E-state index in [1.807, 2.05) is 0 Å². The van der Waals surface area contributed by atoms with Gasteiger partial charge in [0.2, 0.25) is 0 Å². The highest BCUT2D eigenvalue weighted by Gasteiger charge is 2.38. The molecule has 0 aromatic heterocycles. The van der Waals surface area contributed by atoms with Crippen LogP contribution in [0.3, 0.4) is 0 Å². The van der Waals surface area contributed by atoms with Gasteiger partial charge in [0.15, 0.2) is 5.78 Å². The van der Waals surface area contributed by atoms with Crippen molar-refractivity contribution in [1.29, 1.82) is 0 Å². The van der Waals surface area contributed by atoms with Crippen LogP contribution in [-0.2, 0) is 12.4 Å². The summed E-state index contributed by atoms with van der Waals surface area (Å²) in [5.74, 6) is -0.956. The second kappa shape index (κ2) is 6.15. The maximum absolute atomic E-state index is 12.7. The second-order valence-electron chi connectivity index (χ2n) is 3.97. The van der Waals surface area contributed by atoms with E-state index >= 15 is 0 Å². The zero-order valence-electron chi connectivity index (χ0n) is 9.91. The number of carbonyl (C=O) groups excluding carboxylic acids is 1. The number of benzene rings is 1. The van der Waals surface area contributed by atoms with E-state index in [0.29, 0.717) is 17.5 Å². The summed E-state index contributed by atoms with van der Waals surface area (Å²) < 4.78 is 75.7. The van der Waals surface area contributed by atoms with E-state index in [-0.39, 0.29) is 18.9 Å². The van der Waals surface area contributed by atoms with E-state index in [2.05, 4.69) is 15.9 Å². The third-order valence-electron chi connectivity index (χ3n) is 2.49. The molecule has 0 bridgehead atoms. The predicted molar refractivity (Wildman–Crippen MR) is 63.8 cm³/mol. The molecule has 0 aliphatic rings. The van der Waals surface area contributed by atoms with E-state index in [9.17, 15) is 31.1 Å². The van der Waals surface area contributed by atoms with Gasteiger partial charge in [0.1, 0.15) is 0 Å². The first-order valence-corrected chi connectivity index (χ1v) is 6.57. The molecular weight excluding hydrogens is 354 g/mol. The standard InChI is InChI=1S/C12H9BrF6O/c13-5-1-2-10(20)8-6-7(11(14,15)16)3-4-9(8)12(17,18)19/h3-4,6H,1-2,5H2. The van der Waals surface area contributed by atoms with Crippen LogP contribution in [0, 0.1) is 0 Å². The molecule has 8 heteroatoms. The van der Waals surface area contributed by atoms with E-state index in [0.717, 1.165) is 0 Å². The summed E-state index contributed by atoms with van der Waals surface area (Å²) in [6, 6.07) is 0.883. The number of Topliss-reactive ketones (excluding diaryl/α,β-unsaturated/α-hetero) is 1. The molecule has 0 atom stereocenters. The van der Waals surface area contributed by atoms with Gasteiger partial charge in [0.05, 0.1) is 11.1 Å². The van der Waals surface area contributed by atoms with Crippen LogP contribution in [0.15, 0.2) is 18.2 Å². The average molecular weight is 363 g/mol. The number of alkyl halides is 7. The summed E-state index contributed by atoms with van der Waals surface area (Å²) in [6.07, 6.45) is -9.68. The van der Waals surface area contributed by atoms with Crippen LogP contribution in [0.5, 0.6) is 0 Å². The van der Waals surface area contributed by atoms with Gasteiger partial charge in [-0.2, -0.15) is 26.3 Å². The lowest BCUT2D eigenvalue weighted by Crippen LogP contribution is -2.16. The zero-order valence-corrected chi connectivity index (χ0v) is 11.5. The molecule has 0 N–H and O–H groups in total. The lowest BCUT2D eigenvalue weighted by Gasteiger charge is -2.15. The Kier molecular flexibility index (Phi) is 5.23. The molecule has 1 rings (SSSR count). The Morgan fingerprint density at radius 3 is 2.10 bits per heavy atom. The minimum absolute atomic E-state index is 0.242. The first-order valence-electron chi connectivity index (χ1n) is 5.45. The summed E-state index contributed by atoms with van der Waals surface area (Å²) in [4.78, 5) is 11.7. The SMILES string of the molecule is O=C(CCCBr)c1cc(C(F)(F)F)ccc1C(F)(F)F. The highest BCUT2D eigenvalue weighted by molar-refractivity contribution is 9.09. The predicted octanol–water partition coefficient (Wildman–Crippen LogP) is 5.08. The Balaban J connectivity index is 3.31. The Hall–Kier alpha value is -1.05. The quantitative estimate of drug-likeness (QED) is 0.414. The third-order valence-corrected chi connectivity index (χ3v) is 3.05. The number of hydrogen-bond donors (Lipinski definition) is 0. The van der Waals surface area contributed by atoms with E-state index in [4.69, 9.17) is 0 Å². The number of hydrogen-bond acceptors (Lipinski definition) is 1. The Morgan fingerprint density at radius 2 is 1.65 bits per heavy atom. The summed E-state index contributed by atoms with van der Waals surface area (Å²) in [5, 5.41) is 0.374.